The first kappa shape index (κ1) is 19.1. The molecule has 1 aliphatic heterocycles. The molecule has 1 aromatic carbocycles. The zero-order valence-electron chi connectivity index (χ0n) is 14.9. The summed E-state index contributed by atoms with van der Waals surface area (Å²) >= 11 is 6.37. The lowest BCUT2D eigenvalue weighted by Crippen LogP contribution is -2.38. The molecule has 1 N–H and O–H groups in total. The predicted octanol–water partition coefficient (Wildman–Crippen LogP) is 4.92. The Balaban J connectivity index is 2.06. The highest BCUT2D eigenvalue weighted by Crippen LogP contribution is 2.38. The highest BCUT2D eigenvalue weighted by Gasteiger charge is 2.27. The first-order chi connectivity index (χ1) is 11.7. The maximum Gasteiger partial charge on any atom is 0.407 e. The minimum Gasteiger partial charge on any atom is -0.486 e. The van der Waals surface area contributed by atoms with Crippen LogP contribution in [0.15, 0.2) is 43.5 Å². The fourth-order valence-corrected chi connectivity index (χ4v) is 2.87. The maximum absolute atomic E-state index is 11.8. The molecule has 0 fully saturated rings. The van der Waals surface area contributed by atoms with Crippen LogP contribution in [0.2, 0.25) is 5.02 Å². The van der Waals surface area contributed by atoms with Crippen molar-refractivity contribution in [2.75, 3.05) is 6.54 Å². The SMILES string of the molecule is C=C/C=C(\C=C)c1cc(Cl)c2c(c1)CC(CNC(=O)OC(C)(C)C)O2. The molecule has 0 spiro atoms. The quantitative estimate of drug-likeness (QED) is 0.757. The Hall–Kier alpha value is -2.20. The second kappa shape index (κ2) is 7.79. The van der Waals surface area contributed by atoms with Gasteiger partial charge in [0.05, 0.1) is 11.6 Å². The van der Waals surface area contributed by atoms with Crippen LogP contribution in [0.1, 0.15) is 31.9 Å². The standard InChI is InChI=1S/C20H24ClNO3/c1-6-8-13(7-2)14-9-15-10-16(24-18(15)17(21)11-14)12-22-19(23)25-20(3,4)5/h6-9,11,16H,1-2,10,12H2,3-5H3,(H,22,23)/b13-8+. The van der Waals surface area contributed by atoms with Gasteiger partial charge in [-0.25, -0.2) is 4.79 Å². The molecule has 0 bridgehead atoms. The van der Waals surface area contributed by atoms with Gasteiger partial charge in [-0.3, -0.25) is 0 Å². The van der Waals surface area contributed by atoms with Crippen LogP contribution in [0.3, 0.4) is 0 Å². The van der Waals surface area contributed by atoms with Crippen molar-refractivity contribution in [3.05, 3.63) is 59.7 Å². The predicted molar refractivity (Wildman–Crippen MR) is 102 cm³/mol. The topological polar surface area (TPSA) is 47.6 Å². The zero-order valence-corrected chi connectivity index (χ0v) is 15.7. The van der Waals surface area contributed by atoms with Gasteiger partial charge in [-0.2, -0.15) is 0 Å². The largest absolute Gasteiger partial charge is 0.486 e. The van der Waals surface area contributed by atoms with Crippen LogP contribution < -0.4 is 10.1 Å². The molecular formula is C20H24ClNO3. The third-order valence-corrected chi connectivity index (χ3v) is 3.86. The molecule has 25 heavy (non-hydrogen) atoms. The third kappa shape index (κ3) is 5.13. The van der Waals surface area contributed by atoms with Crippen LogP contribution in [-0.4, -0.2) is 24.3 Å². The third-order valence-electron chi connectivity index (χ3n) is 3.58. The summed E-state index contributed by atoms with van der Waals surface area (Å²) in [6.45, 7) is 13.4. The number of carbonyl (C=O) groups excluding carboxylic acids is 1. The lowest BCUT2D eigenvalue weighted by Gasteiger charge is -2.20. The van der Waals surface area contributed by atoms with Crippen molar-refractivity contribution in [3.63, 3.8) is 0 Å². The van der Waals surface area contributed by atoms with Crippen molar-refractivity contribution >= 4 is 23.3 Å². The van der Waals surface area contributed by atoms with Crippen molar-refractivity contribution in [2.24, 2.45) is 0 Å². The first-order valence-corrected chi connectivity index (χ1v) is 8.52. The van der Waals surface area contributed by atoms with Gasteiger partial charge in [-0.1, -0.05) is 43.0 Å². The molecule has 1 aliphatic rings. The fourth-order valence-electron chi connectivity index (χ4n) is 2.59. The Morgan fingerprint density at radius 3 is 2.76 bits per heavy atom. The molecule has 2 rings (SSSR count). The smallest absolute Gasteiger partial charge is 0.407 e. The highest BCUT2D eigenvalue weighted by molar-refractivity contribution is 6.32. The van der Waals surface area contributed by atoms with Gasteiger partial charge in [0.15, 0.2) is 0 Å². The van der Waals surface area contributed by atoms with E-state index < -0.39 is 11.7 Å². The number of amides is 1. The molecule has 1 unspecified atom stereocenters. The summed E-state index contributed by atoms with van der Waals surface area (Å²) in [5.41, 5.74) is 2.38. The number of rotatable bonds is 5. The lowest BCUT2D eigenvalue weighted by molar-refractivity contribution is 0.0506. The summed E-state index contributed by atoms with van der Waals surface area (Å²) < 4.78 is 11.1. The van der Waals surface area contributed by atoms with Crippen LogP contribution in [0.25, 0.3) is 5.57 Å². The van der Waals surface area contributed by atoms with Crippen molar-refractivity contribution in [1.29, 1.82) is 0 Å². The average Bonchev–Trinajstić information content (AvgIpc) is 2.92. The summed E-state index contributed by atoms with van der Waals surface area (Å²) in [7, 11) is 0. The fraction of sp³-hybridized carbons (Fsp3) is 0.350. The molecule has 4 nitrogen and oxygen atoms in total. The number of alkyl carbamates (subject to hydrolysis) is 1. The molecule has 1 amide bonds. The number of ether oxygens (including phenoxy) is 2. The minimum absolute atomic E-state index is 0.175. The number of allylic oxidation sites excluding steroid dienone is 4. The Morgan fingerprint density at radius 2 is 2.16 bits per heavy atom. The molecule has 0 aliphatic carbocycles. The van der Waals surface area contributed by atoms with E-state index in [4.69, 9.17) is 21.1 Å². The summed E-state index contributed by atoms with van der Waals surface area (Å²) in [5.74, 6) is 0.670. The molecule has 1 aromatic rings. The summed E-state index contributed by atoms with van der Waals surface area (Å²) in [6.07, 6.45) is 5.38. The Bertz CT molecular complexity index is 716. The monoisotopic (exact) mass is 361 g/mol. The lowest BCUT2D eigenvalue weighted by atomic mass is 10.0. The number of halogens is 1. The van der Waals surface area contributed by atoms with Gasteiger partial charge in [0.1, 0.15) is 17.5 Å². The molecule has 0 saturated carbocycles. The van der Waals surface area contributed by atoms with E-state index in [1.165, 1.54) is 0 Å². The van der Waals surface area contributed by atoms with E-state index in [2.05, 4.69) is 18.5 Å². The van der Waals surface area contributed by atoms with Crippen molar-refractivity contribution in [1.82, 2.24) is 5.32 Å². The Labute approximate surface area is 154 Å². The molecule has 0 aromatic heterocycles. The van der Waals surface area contributed by atoms with Crippen LogP contribution in [0, 0.1) is 0 Å². The van der Waals surface area contributed by atoms with Crippen LogP contribution in [-0.2, 0) is 11.2 Å². The second-order valence-electron chi connectivity index (χ2n) is 6.83. The number of nitrogens with one attached hydrogen (secondary N) is 1. The highest BCUT2D eigenvalue weighted by atomic mass is 35.5. The number of hydrogen-bond acceptors (Lipinski definition) is 3. The number of hydrogen-bond donors (Lipinski definition) is 1. The van der Waals surface area contributed by atoms with Crippen molar-refractivity contribution in [2.45, 2.75) is 38.9 Å². The summed E-state index contributed by atoms with van der Waals surface area (Å²) in [4.78, 5) is 11.8. The second-order valence-corrected chi connectivity index (χ2v) is 7.24. The number of benzene rings is 1. The first-order valence-electron chi connectivity index (χ1n) is 8.15. The van der Waals surface area contributed by atoms with Gasteiger partial charge in [0.2, 0.25) is 0 Å². The summed E-state index contributed by atoms with van der Waals surface area (Å²) in [5, 5.41) is 3.28. The molecular weight excluding hydrogens is 338 g/mol. The van der Waals surface area contributed by atoms with Gasteiger partial charge in [0.25, 0.3) is 0 Å². The van der Waals surface area contributed by atoms with Gasteiger partial charge in [-0.05, 0) is 44.0 Å². The normalized spacial score (nSPS) is 16.6. The van der Waals surface area contributed by atoms with E-state index in [1.807, 2.05) is 39.0 Å². The number of fused-ring (bicyclic) bond motifs is 1. The molecule has 134 valence electrons. The van der Waals surface area contributed by atoms with E-state index in [0.29, 0.717) is 23.7 Å². The van der Waals surface area contributed by atoms with E-state index in [0.717, 1.165) is 16.7 Å². The average molecular weight is 362 g/mol. The van der Waals surface area contributed by atoms with Crippen LogP contribution in [0.4, 0.5) is 4.79 Å². The molecule has 5 heteroatoms. The van der Waals surface area contributed by atoms with Crippen molar-refractivity contribution < 1.29 is 14.3 Å². The summed E-state index contributed by atoms with van der Waals surface area (Å²) in [6, 6.07) is 3.88. The van der Waals surface area contributed by atoms with E-state index >= 15 is 0 Å². The Kier molecular flexibility index (Phi) is 5.96. The van der Waals surface area contributed by atoms with Gasteiger partial charge >= 0.3 is 6.09 Å². The maximum atomic E-state index is 11.8. The Morgan fingerprint density at radius 1 is 1.44 bits per heavy atom. The van der Waals surface area contributed by atoms with Crippen LogP contribution >= 0.6 is 11.6 Å². The molecule has 0 radical (unpaired) electrons. The minimum atomic E-state index is -0.527. The number of carbonyl (C=O) groups is 1. The van der Waals surface area contributed by atoms with Crippen LogP contribution in [0.5, 0.6) is 5.75 Å². The van der Waals surface area contributed by atoms with Gasteiger partial charge in [-0.15, -0.1) is 0 Å². The molecule has 1 heterocycles. The van der Waals surface area contributed by atoms with Gasteiger partial charge < -0.3 is 14.8 Å². The molecule has 1 atom stereocenters. The van der Waals surface area contributed by atoms with E-state index in [9.17, 15) is 4.79 Å². The van der Waals surface area contributed by atoms with E-state index in [-0.39, 0.29) is 6.10 Å². The van der Waals surface area contributed by atoms with Gasteiger partial charge in [0, 0.05) is 12.0 Å². The van der Waals surface area contributed by atoms with E-state index in [1.54, 1.807) is 12.2 Å². The molecule has 0 saturated heterocycles. The van der Waals surface area contributed by atoms with Crippen molar-refractivity contribution in [3.8, 4) is 5.75 Å². The zero-order chi connectivity index (χ0) is 18.6.